The van der Waals surface area contributed by atoms with Crippen molar-refractivity contribution in [1.29, 1.82) is 5.26 Å². The van der Waals surface area contributed by atoms with Crippen LogP contribution in [-0.2, 0) is 13.6 Å². The second-order valence-electron chi connectivity index (χ2n) is 6.96. The van der Waals surface area contributed by atoms with Crippen molar-refractivity contribution in [3.8, 4) is 6.07 Å². The summed E-state index contributed by atoms with van der Waals surface area (Å²) in [7, 11) is 1.92. The molecular weight excluding hydrogens is 328 g/mol. The van der Waals surface area contributed by atoms with Crippen LogP contribution in [0.15, 0.2) is 36.9 Å². The molecule has 0 bridgehead atoms. The highest BCUT2D eigenvalue weighted by Gasteiger charge is 2.28. The molecule has 7 nitrogen and oxygen atoms in total. The molecule has 0 aromatic carbocycles. The molecule has 1 fully saturated rings. The number of aryl methyl sites for hydroxylation is 1. The topological polar surface area (TPSA) is 82.4 Å². The molecule has 134 valence electrons. The molecule has 3 aromatic heterocycles. The van der Waals surface area contributed by atoms with E-state index in [0.29, 0.717) is 5.56 Å². The SMILES string of the molecule is Cn1ccnc1C(O)C1CCN(Cc2cnc3ccc(C#N)cn23)CC1. The van der Waals surface area contributed by atoms with Crippen LogP contribution in [0.25, 0.3) is 5.65 Å². The van der Waals surface area contributed by atoms with E-state index in [9.17, 15) is 5.11 Å². The molecule has 3 aromatic rings. The Morgan fingerprint density at radius 3 is 2.81 bits per heavy atom. The number of nitriles is 1. The highest BCUT2D eigenvalue weighted by atomic mass is 16.3. The Kier molecular flexibility index (Phi) is 4.45. The first kappa shape index (κ1) is 16.8. The molecule has 1 unspecified atom stereocenters. The number of nitrogens with zero attached hydrogens (tertiary/aromatic N) is 6. The molecule has 1 atom stereocenters. The van der Waals surface area contributed by atoms with Gasteiger partial charge in [-0.3, -0.25) is 4.90 Å². The summed E-state index contributed by atoms with van der Waals surface area (Å²) in [6, 6.07) is 5.84. The number of fused-ring (bicyclic) bond motifs is 1. The summed E-state index contributed by atoms with van der Waals surface area (Å²) >= 11 is 0. The molecular formula is C19H22N6O. The predicted octanol–water partition coefficient (Wildman–Crippen LogP) is 1.89. The number of aliphatic hydroxyl groups excluding tert-OH is 1. The normalized spacial score (nSPS) is 17.4. The number of likely N-dealkylation sites (tertiary alicyclic amines) is 1. The zero-order valence-electron chi connectivity index (χ0n) is 14.8. The van der Waals surface area contributed by atoms with E-state index in [-0.39, 0.29) is 5.92 Å². The summed E-state index contributed by atoms with van der Waals surface area (Å²) in [5.41, 5.74) is 2.58. The summed E-state index contributed by atoms with van der Waals surface area (Å²) in [5, 5.41) is 19.7. The highest BCUT2D eigenvalue weighted by molar-refractivity contribution is 5.44. The van der Waals surface area contributed by atoms with Crippen LogP contribution in [0.1, 0.15) is 36.0 Å². The third kappa shape index (κ3) is 3.09. The number of aliphatic hydroxyl groups is 1. The molecule has 7 heteroatoms. The minimum absolute atomic E-state index is 0.236. The Morgan fingerprint density at radius 2 is 2.12 bits per heavy atom. The summed E-state index contributed by atoms with van der Waals surface area (Å²) < 4.78 is 3.88. The van der Waals surface area contributed by atoms with Gasteiger partial charge in [-0.25, -0.2) is 9.97 Å². The molecule has 0 saturated carbocycles. The van der Waals surface area contributed by atoms with E-state index in [1.54, 1.807) is 12.3 Å². The van der Waals surface area contributed by atoms with Gasteiger partial charge in [0.05, 0.1) is 17.5 Å². The standard InChI is InChI=1S/C19H22N6O/c1-23-9-6-21-19(23)18(26)15-4-7-24(8-5-15)13-16-11-22-17-3-2-14(10-20)12-25(16)17/h2-3,6,9,11-12,15,18,26H,4-5,7-8,13H2,1H3. The smallest absolute Gasteiger partial charge is 0.137 e. The van der Waals surface area contributed by atoms with Gasteiger partial charge in [-0.05, 0) is 44.0 Å². The molecule has 0 aliphatic carbocycles. The van der Waals surface area contributed by atoms with Gasteiger partial charge in [0.1, 0.15) is 23.6 Å². The largest absolute Gasteiger partial charge is 0.385 e. The average molecular weight is 350 g/mol. The van der Waals surface area contributed by atoms with E-state index in [1.807, 2.05) is 40.7 Å². The first-order valence-corrected chi connectivity index (χ1v) is 8.89. The maximum atomic E-state index is 10.6. The predicted molar refractivity (Wildman–Crippen MR) is 96.1 cm³/mol. The van der Waals surface area contributed by atoms with E-state index in [4.69, 9.17) is 5.26 Å². The summed E-state index contributed by atoms with van der Waals surface area (Å²) in [5.74, 6) is 0.981. The Bertz CT molecular complexity index is 944. The molecule has 0 spiro atoms. The van der Waals surface area contributed by atoms with E-state index >= 15 is 0 Å². The summed E-state index contributed by atoms with van der Waals surface area (Å²) in [6.45, 7) is 2.65. The van der Waals surface area contributed by atoms with Crippen molar-refractivity contribution in [2.24, 2.45) is 13.0 Å². The molecule has 1 aliphatic heterocycles. The molecule has 1 saturated heterocycles. The molecule has 4 rings (SSSR count). The molecule has 26 heavy (non-hydrogen) atoms. The second kappa shape index (κ2) is 6.90. The Hall–Kier alpha value is -2.69. The van der Waals surface area contributed by atoms with Crippen molar-refractivity contribution in [2.75, 3.05) is 13.1 Å². The van der Waals surface area contributed by atoms with Crippen LogP contribution in [0, 0.1) is 17.2 Å². The van der Waals surface area contributed by atoms with Gasteiger partial charge in [-0.1, -0.05) is 0 Å². The van der Waals surface area contributed by atoms with Gasteiger partial charge >= 0.3 is 0 Å². The number of imidazole rings is 2. The average Bonchev–Trinajstić information content (AvgIpc) is 3.27. The Balaban J connectivity index is 1.41. The lowest BCUT2D eigenvalue weighted by atomic mass is 9.90. The first-order valence-electron chi connectivity index (χ1n) is 8.89. The van der Waals surface area contributed by atoms with Crippen LogP contribution in [0.3, 0.4) is 0 Å². The number of piperidine rings is 1. The monoisotopic (exact) mass is 350 g/mol. The van der Waals surface area contributed by atoms with Crippen LogP contribution >= 0.6 is 0 Å². The fourth-order valence-corrected chi connectivity index (χ4v) is 3.74. The van der Waals surface area contributed by atoms with Crippen molar-refractivity contribution in [1.82, 2.24) is 23.8 Å². The molecule has 1 N–H and O–H groups in total. The lowest BCUT2D eigenvalue weighted by Gasteiger charge is -2.33. The van der Waals surface area contributed by atoms with Crippen LogP contribution in [0.2, 0.25) is 0 Å². The molecule has 0 amide bonds. The van der Waals surface area contributed by atoms with Crippen LogP contribution < -0.4 is 0 Å². The van der Waals surface area contributed by atoms with Gasteiger partial charge in [-0.2, -0.15) is 5.26 Å². The maximum absolute atomic E-state index is 10.6. The third-order valence-electron chi connectivity index (χ3n) is 5.30. The number of hydrogen-bond donors (Lipinski definition) is 1. The van der Waals surface area contributed by atoms with Gasteiger partial charge in [0, 0.05) is 32.2 Å². The second-order valence-corrected chi connectivity index (χ2v) is 6.96. The van der Waals surface area contributed by atoms with Crippen molar-refractivity contribution >= 4 is 5.65 Å². The van der Waals surface area contributed by atoms with E-state index in [0.717, 1.165) is 49.6 Å². The molecule has 4 heterocycles. The van der Waals surface area contributed by atoms with Crippen molar-refractivity contribution in [3.05, 3.63) is 54.0 Å². The number of rotatable bonds is 4. The van der Waals surface area contributed by atoms with E-state index < -0.39 is 6.10 Å². The number of hydrogen-bond acceptors (Lipinski definition) is 5. The van der Waals surface area contributed by atoms with Crippen LogP contribution in [0.5, 0.6) is 0 Å². The van der Waals surface area contributed by atoms with Gasteiger partial charge in [0.25, 0.3) is 0 Å². The summed E-state index contributed by atoms with van der Waals surface area (Å²) in [4.78, 5) is 11.1. The van der Waals surface area contributed by atoms with Gasteiger partial charge < -0.3 is 14.1 Å². The maximum Gasteiger partial charge on any atom is 0.137 e. The highest BCUT2D eigenvalue weighted by Crippen LogP contribution is 2.30. The van der Waals surface area contributed by atoms with E-state index in [2.05, 4.69) is 20.9 Å². The minimum atomic E-state index is -0.508. The molecule has 0 radical (unpaired) electrons. The quantitative estimate of drug-likeness (QED) is 0.777. The lowest BCUT2D eigenvalue weighted by Crippen LogP contribution is -2.36. The Morgan fingerprint density at radius 1 is 1.31 bits per heavy atom. The third-order valence-corrected chi connectivity index (χ3v) is 5.30. The Labute approximate surface area is 152 Å². The van der Waals surface area contributed by atoms with E-state index in [1.165, 1.54) is 0 Å². The fourth-order valence-electron chi connectivity index (χ4n) is 3.74. The van der Waals surface area contributed by atoms with Gasteiger partial charge in [-0.15, -0.1) is 0 Å². The molecule has 1 aliphatic rings. The zero-order chi connectivity index (χ0) is 18.1. The van der Waals surface area contributed by atoms with Crippen molar-refractivity contribution in [2.45, 2.75) is 25.5 Å². The first-order chi connectivity index (χ1) is 12.7. The van der Waals surface area contributed by atoms with Crippen molar-refractivity contribution < 1.29 is 5.11 Å². The number of pyridine rings is 1. The zero-order valence-corrected chi connectivity index (χ0v) is 14.8. The van der Waals surface area contributed by atoms with Gasteiger partial charge in [0.15, 0.2) is 0 Å². The lowest BCUT2D eigenvalue weighted by molar-refractivity contribution is 0.0488. The minimum Gasteiger partial charge on any atom is -0.385 e. The van der Waals surface area contributed by atoms with Gasteiger partial charge in [0.2, 0.25) is 0 Å². The van der Waals surface area contributed by atoms with Crippen LogP contribution in [0.4, 0.5) is 0 Å². The van der Waals surface area contributed by atoms with Crippen LogP contribution in [-0.4, -0.2) is 42.0 Å². The van der Waals surface area contributed by atoms with Crippen molar-refractivity contribution in [3.63, 3.8) is 0 Å². The fraction of sp³-hybridized carbons (Fsp3) is 0.421. The number of aromatic nitrogens is 4. The summed E-state index contributed by atoms with van der Waals surface area (Å²) in [6.07, 6.45) is 8.69.